The van der Waals surface area contributed by atoms with Crippen LogP contribution >= 0.6 is 11.6 Å². The lowest BCUT2D eigenvalue weighted by Gasteiger charge is -2.09. The van der Waals surface area contributed by atoms with Crippen LogP contribution in [0.5, 0.6) is 0 Å². The Balaban J connectivity index is 1.93. The van der Waals surface area contributed by atoms with Crippen molar-refractivity contribution in [1.29, 1.82) is 0 Å². The van der Waals surface area contributed by atoms with E-state index in [0.717, 1.165) is 0 Å². The first-order valence-corrected chi connectivity index (χ1v) is 7.54. The molecule has 0 saturated heterocycles. The van der Waals surface area contributed by atoms with Gasteiger partial charge in [-0.15, -0.1) is 0 Å². The molecule has 0 atom stereocenters. The van der Waals surface area contributed by atoms with Crippen molar-refractivity contribution in [3.8, 4) is 0 Å². The lowest BCUT2D eigenvalue weighted by molar-refractivity contribution is -0.115. The zero-order valence-corrected chi connectivity index (χ0v) is 13.5. The molecule has 0 spiro atoms. The molecule has 0 fully saturated rings. The predicted octanol–water partition coefficient (Wildman–Crippen LogP) is 2.91. The molecular formula is C17H13ClFN3O2. The van der Waals surface area contributed by atoms with Gasteiger partial charge in [-0.2, -0.15) is 5.10 Å². The number of aromatic nitrogens is 2. The van der Waals surface area contributed by atoms with E-state index < -0.39 is 11.7 Å². The van der Waals surface area contributed by atoms with Crippen LogP contribution in [0.1, 0.15) is 5.69 Å². The van der Waals surface area contributed by atoms with Crippen LogP contribution in [-0.2, 0) is 18.3 Å². The predicted molar refractivity (Wildman–Crippen MR) is 90.7 cm³/mol. The SMILES string of the molecule is Cn1nc(CC(=O)Nc2cccc(Cl)c2F)c2ccccc2c1=O. The maximum atomic E-state index is 13.9. The molecule has 3 aromatic rings. The summed E-state index contributed by atoms with van der Waals surface area (Å²) in [6.07, 6.45) is -0.0966. The van der Waals surface area contributed by atoms with Crippen molar-refractivity contribution < 1.29 is 9.18 Å². The number of rotatable bonds is 3. The first-order valence-electron chi connectivity index (χ1n) is 7.16. The number of carbonyl (C=O) groups is 1. The second-order valence-corrected chi connectivity index (χ2v) is 5.65. The summed E-state index contributed by atoms with van der Waals surface area (Å²) in [5.74, 6) is -1.14. The number of halogens is 2. The van der Waals surface area contributed by atoms with Crippen LogP contribution in [0.2, 0.25) is 5.02 Å². The molecule has 0 aliphatic rings. The van der Waals surface area contributed by atoms with E-state index in [-0.39, 0.29) is 22.7 Å². The topological polar surface area (TPSA) is 64.0 Å². The Morgan fingerprint density at radius 1 is 1.21 bits per heavy atom. The molecule has 0 unspecified atom stereocenters. The van der Waals surface area contributed by atoms with E-state index in [4.69, 9.17) is 11.6 Å². The van der Waals surface area contributed by atoms with E-state index >= 15 is 0 Å². The molecule has 0 saturated carbocycles. The number of nitrogens with zero attached hydrogens (tertiary/aromatic N) is 2. The summed E-state index contributed by atoms with van der Waals surface area (Å²) in [7, 11) is 1.52. The Morgan fingerprint density at radius 3 is 2.67 bits per heavy atom. The van der Waals surface area contributed by atoms with Gasteiger partial charge in [0, 0.05) is 12.4 Å². The number of aryl methyl sites for hydroxylation is 1. The van der Waals surface area contributed by atoms with E-state index in [1.54, 1.807) is 30.3 Å². The fourth-order valence-corrected chi connectivity index (χ4v) is 2.63. The Labute approximate surface area is 141 Å². The number of hydrogen-bond acceptors (Lipinski definition) is 3. The van der Waals surface area contributed by atoms with Crippen LogP contribution in [0.15, 0.2) is 47.3 Å². The van der Waals surface area contributed by atoms with Crippen molar-refractivity contribution in [3.63, 3.8) is 0 Å². The third-order valence-electron chi connectivity index (χ3n) is 3.59. The standard InChI is InChI=1S/C17H13ClFN3O2/c1-22-17(24)11-6-3-2-5-10(11)14(21-22)9-15(23)20-13-8-4-7-12(18)16(13)19/h2-8H,9H2,1H3,(H,20,23). The van der Waals surface area contributed by atoms with Crippen LogP contribution in [0, 0.1) is 5.82 Å². The summed E-state index contributed by atoms with van der Waals surface area (Å²) in [6, 6.07) is 11.3. The molecule has 0 bridgehead atoms. The largest absolute Gasteiger partial charge is 0.323 e. The van der Waals surface area contributed by atoms with Crippen molar-refractivity contribution in [3.05, 3.63) is 69.4 Å². The lowest BCUT2D eigenvalue weighted by Crippen LogP contribution is -2.24. The number of fused-ring (bicyclic) bond motifs is 1. The Morgan fingerprint density at radius 2 is 1.92 bits per heavy atom. The van der Waals surface area contributed by atoms with E-state index in [9.17, 15) is 14.0 Å². The number of carbonyl (C=O) groups excluding carboxylic acids is 1. The summed E-state index contributed by atoms with van der Waals surface area (Å²) in [6.45, 7) is 0. The normalized spacial score (nSPS) is 10.8. The van der Waals surface area contributed by atoms with Crippen LogP contribution in [0.4, 0.5) is 10.1 Å². The highest BCUT2D eigenvalue weighted by Crippen LogP contribution is 2.22. The van der Waals surface area contributed by atoms with Gasteiger partial charge in [0.2, 0.25) is 5.91 Å². The van der Waals surface area contributed by atoms with Crippen molar-refractivity contribution in [2.75, 3.05) is 5.32 Å². The molecule has 122 valence electrons. The molecule has 0 aliphatic heterocycles. The molecule has 7 heteroatoms. The van der Waals surface area contributed by atoms with Gasteiger partial charge in [-0.1, -0.05) is 35.9 Å². The Bertz CT molecular complexity index is 1000. The van der Waals surface area contributed by atoms with Crippen LogP contribution in [0.3, 0.4) is 0 Å². The minimum absolute atomic E-state index is 0.00151. The van der Waals surface area contributed by atoms with Gasteiger partial charge in [-0.05, 0) is 18.2 Å². The van der Waals surface area contributed by atoms with E-state index in [1.807, 2.05) is 0 Å². The molecule has 1 heterocycles. The second-order valence-electron chi connectivity index (χ2n) is 5.25. The van der Waals surface area contributed by atoms with Gasteiger partial charge < -0.3 is 5.32 Å². The van der Waals surface area contributed by atoms with E-state index in [1.165, 1.54) is 23.9 Å². The van der Waals surface area contributed by atoms with Crippen LogP contribution < -0.4 is 10.9 Å². The summed E-state index contributed by atoms with van der Waals surface area (Å²) < 4.78 is 15.0. The number of amides is 1. The van der Waals surface area contributed by atoms with Crippen molar-refractivity contribution in [1.82, 2.24) is 9.78 Å². The third-order valence-corrected chi connectivity index (χ3v) is 3.88. The first kappa shape index (κ1) is 16.1. The van der Waals surface area contributed by atoms with Crippen LogP contribution in [0.25, 0.3) is 10.8 Å². The molecule has 0 radical (unpaired) electrons. The van der Waals surface area contributed by atoms with Crippen LogP contribution in [-0.4, -0.2) is 15.7 Å². The average Bonchev–Trinajstić information content (AvgIpc) is 2.56. The summed E-state index contributed by atoms with van der Waals surface area (Å²) in [5, 5.41) is 7.63. The summed E-state index contributed by atoms with van der Waals surface area (Å²) >= 11 is 5.70. The van der Waals surface area contributed by atoms with Gasteiger partial charge >= 0.3 is 0 Å². The lowest BCUT2D eigenvalue weighted by atomic mass is 10.1. The number of hydrogen-bond donors (Lipinski definition) is 1. The van der Waals surface area contributed by atoms with Gasteiger partial charge in [0.25, 0.3) is 5.56 Å². The molecule has 1 amide bonds. The third kappa shape index (κ3) is 3.00. The fraction of sp³-hybridized carbons (Fsp3) is 0.118. The molecular weight excluding hydrogens is 333 g/mol. The molecule has 2 aromatic carbocycles. The molecule has 0 aliphatic carbocycles. The number of anilines is 1. The minimum atomic E-state index is -0.689. The second kappa shape index (κ2) is 6.41. The molecule has 5 nitrogen and oxygen atoms in total. The van der Waals surface area contributed by atoms with Gasteiger partial charge in [0.15, 0.2) is 5.82 Å². The highest BCUT2D eigenvalue weighted by molar-refractivity contribution is 6.31. The zero-order chi connectivity index (χ0) is 17.3. The zero-order valence-electron chi connectivity index (χ0n) is 12.7. The summed E-state index contributed by atoms with van der Waals surface area (Å²) in [5.41, 5.74) is 0.199. The Kier molecular flexibility index (Phi) is 4.31. The molecule has 3 rings (SSSR count). The van der Waals surface area contributed by atoms with Crippen molar-refractivity contribution in [2.24, 2.45) is 7.05 Å². The molecule has 24 heavy (non-hydrogen) atoms. The van der Waals surface area contributed by atoms with Gasteiger partial charge in [0.05, 0.1) is 28.2 Å². The van der Waals surface area contributed by atoms with Crippen molar-refractivity contribution in [2.45, 2.75) is 6.42 Å². The van der Waals surface area contributed by atoms with Gasteiger partial charge in [-0.3, -0.25) is 9.59 Å². The highest BCUT2D eigenvalue weighted by Gasteiger charge is 2.14. The van der Waals surface area contributed by atoms with Gasteiger partial charge in [-0.25, -0.2) is 9.07 Å². The number of nitrogens with one attached hydrogen (secondary N) is 1. The Hall–Kier alpha value is -2.73. The fourth-order valence-electron chi connectivity index (χ4n) is 2.45. The average molecular weight is 346 g/mol. The minimum Gasteiger partial charge on any atom is -0.323 e. The quantitative estimate of drug-likeness (QED) is 0.794. The molecule has 1 aromatic heterocycles. The first-order chi connectivity index (χ1) is 11.5. The van der Waals surface area contributed by atoms with E-state index in [0.29, 0.717) is 16.5 Å². The highest BCUT2D eigenvalue weighted by atomic mass is 35.5. The maximum absolute atomic E-state index is 13.9. The molecule has 1 N–H and O–H groups in total. The maximum Gasteiger partial charge on any atom is 0.274 e. The van der Waals surface area contributed by atoms with Crippen molar-refractivity contribution >= 4 is 34.0 Å². The monoisotopic (exact) mass is 345 g/mol. The number of benzene rings is 2. The smallest absolute Gasteiger partial charge is 0.274 e. The van der Waals surface area contributed by atoms with E-state index in [2.05, 4.69) is 10.4 Å². The summed E-state index contributed by atoms with van der Waals surface area (Å²) in [4.78, 5) is 24.3. The van der Waals surface area contributed by atoms with Gasteiger partial charge in [0.1, 0.15) is 0 Å².